The molecule has 0 saturated heterocycles. The molecule has 0 aliphatic heterocycles. The highest BCUT2D eigenvalue weighted by atomic mass is 32.1. The van der Waals surface area contributed by atoms with Crippen LogP contribution in [0.3, 0.4) is 0 Å². The summed E-state index contributed by atoms with van der Waals surface area (Å²) in [6.07, 6.45) is 1.33. The van der Waals surface area contributed by atoms with Crippen molar-refractivity contribution in [2.45, 2.75) is 13.5 Å². The van der Waals surface area contributed by atoms with Crippen molar-refractivity contribution in [3.05, 3.63) is 51.5 Å². The van der Waals surface area contributed by atoms with Gasteiger partial charge in [-0.25, -0.2) is 14.8 Å². The van der Waals surface area contributed by atoms with E-state index in [1.165, 1.54) is 18.0 Å². The number of carbonyl (C=O) groups is 2. The third-order valence-corrected chi connectivity index (χ3v) is 4.51. The molecule has 8 nitrogen and oxygen atoms in total. The van der Waals surface area contributed by atoms with Crippen molar-refractivity contribution in [1.29, 1.82) is 0 Å². The second-order valence-corrected chi connectivity index (χ2v) is 6.17. The Morgan fingerprint density at radius 2 is 2.08 bits per heavy atom. The smallest absolute Gasteiger partial charge is 0.350 e. The van der Waals surface area contributed by atoms with Crippen LogP contribution in [0.15, 0.2) is 35.4 Å². The first-order valence-corrected chi connectivity index (χ1v) is 8.11. The summed E-state index contributed by atoms with van der Waals surface area (Å²) in [5.41, 5.74) is 0.741. The average Bonchev–Trinajstić information content (AvgIpc) is 2.97. The van der Waals surface area contributed by atoms with Crippen LogP contribution in [0.1, 0.15) is 15.4 Å². The lowest BCUT2D eigenvalue weighted by atomic mass is 10.2. The molecule has 0 aliphatic carbocycles. The van der Waals surface area contributed by atoms with Crippen LogP contribution in [0, 0.1) is 6.92 Å². The van der Waals surface area contributed by atoms with Crippen molar-refractivity contribution in [2.75, 3.05) is 12.4 Å². The van der Waals surface area contributed by atoms with Crippen molar-refractivity contribution in [2.24, 2.45) is 0 Å². The summed E-state index contributed by atoms with van der Waals surface area (Å²) in [4.78, 5) is 44.7. The number of hydrogen-bond donors (Lipinski definition) is 1. The molecule has 0 bridgehead atoms. The second kappa shape index (κ2) is 6.81. The van der Waals surface area contributed by atoms with E-state index in [1.54, 1.807) is 31.2 Å². The number of nitrogens with one attached hydrogen (secondary N) is 1. The largest absolute Gasteiger partial charge is 0.465 e. The molecule has 3 aromatic rings. The first kappa shape index (κ1) is 16.8. The number of fused-ring (bicyclic) bond motifs is 1. The normalized spacial score (nSPS) is 10.6. The molecule has 1 N–H and O–H groups in total. The molecule has 1 amide bonds. The van der Waals surface area contributed by atoms with E-state index in [0.29, 0.717) is 21.5 Å². The number of aryl methyl sites for hydroxylation is 1. The number of ether oxygens (including phenoxy) is 1. The molecule has 0 atom stereocenters. The molecule has 9 heteroatoms. The average molecular weight is 358 g/mol. The maximum absolute atomic E-state index is 12.4. The van der Waals surface area contributed by atoms with E-state index in [2.05, 4.69) is 20.0 Å². The zero-order valence-electron chi connectivity index (χ0n) is 13.5. The Morgan fingerprint density at radius 3 is 2.84 bits per heavy atom. The number of anilines is 1. The Hall–Kier alpha value is -3.07. The maximum atomic E-state index is 12.4. The first-order chi connectivity index (χ1) is 12.0. The number of methoxy groups -OCH3 is 1. The number of carbonyl (C=O) groups excluding carboxylic acids is 2. The Kier molecular flexibility index (Phi) is 4.57. The number of aromatic nitrogens is 3. The number of nitrogens with zero attached hydrogens (tertiary/aromatic N) is 3. The SMILES string of the molecule is COC(=O)c1sc(NC(=O)Cn2cnc3ccccc3c2=O)nc1C. The van der Waals surface area contributed by atoms with E-state index in [9.17, 15) is 14.4 Å². The summed E-state index contributed by atoms with van der Waals surface area (Å²) in [7, 11) is 1.28. The number of esters is 1. The highest BCUT2D eigenvalue weighted by molar-refractivity contribution is 7.17. The molecule has 0 spiro atoms. The van der Waals surface area contributed by atoms with Crippen LogP contribution in [0.2, 0.25) is 0 Å². The standard InChI is InChI=1S/C16H14N4O4S/c1-9-13(15(23)24-2)25-16(18-9)19-12(21)7-20-8-17-11-6-4-3-5-10(11)14(20)22/h3-6,8H,7H2,1-2H3,(H,18,19,21). The van der Waals surface area contributed by atoms with Crippen molar-refractivity contribution in [1.82, 2.24) is 14.5 Å². The minimum absolute atomic E-state index is 0.206. The van der Waals surface area contributed by atoms with E-state index in [0.717, 1.165) is 11.3 Å². The molecule has 1 aromatic carbocycles. The summed E-state index contributed by atoms with van der Waals surface area (Å²) in [6.45, 7) is 1.44. The zero-order valence-corrected chi connectivity index (χ0v) is 14.3. The molecule has 2 heterocycles. The predicted octanol–water partition coefficient (Wildman–Crippen LogP) is 1.59. The minimum atomic E-state index is -0.509. The third kappa shape index (κ3) is 3.41. The van der Waals surface area contributed by atoms with Gasteiger partial charge in [-0.1, -0.05) is 23.5 Å². The van der Waals surface area contributed by atoms with Gasteiger partial charge in [0.05, 0.1) is 30.0 Å². The molecule has 3 rings (SSSR count). The Bertz CT molecular complexity index is 1020. The Morgan fingerprint density at radius 1 is 1.32 bits per heavy atom. The van der Waals surface area contributed by atoms with Crippen LogP contribution in [0.4, 0.5) is 5.13 Å². The van der Waals surface area contributed by atoms with Gasteiger partial charge in [-0.05, 0) is 19.1 Å². The van der Waals surface area contributed by atoms with Gasteiger partial charge in [0.25, 0.3) is 5.56 Å². The number of para-hydroxylation sites is 1. The fourth-order valence-corrected chi connectivity index (χ4v) is 3.17. The summed E-state index contributed by atoms with van der Waals surface area (Å²) in [5.74, 6) is -0.949. The fraction of sp³-hybridized carbons (Fsp3) is 0.188. The highest BCUT2D eigenvalue weighted by Gasteiger charge is 2.17. The van der Waals surface area contributed by atoms with Crippen molar-refractivity contribution < 1.29 is 14.3 Å². The third-order valence-electron chi connectivity index (χ3n) is 3.46. The lowest BCUT2D eigenvalue weighted by Crippen LogP contribution is -2.27. The number of hydrogen-bond acceptors (Lipinski definition) is 7. The van der Waals surface area contributed by atoms with Crippen LogP contribution in [0.25, 0.3) is 10.9 Å². The van der Waals surface area contributed by atoms with E-state index < -0.39 is 11.9 Å². The van der Waals surface area contributed by atoms with Gasteiger partial charge in [0, 0.05) is 0 Å². The molecule has 25 heavy (non-hydrogen) atoms. The summed E-state index contributed by atoms with van der Waals surface area (Å²) in [5, 5.41) is 3.29. The number of rotatable bonds is 4. The van der Waals surface area contributed by atoms with Crippen molar-refractivity contribution in [3.63, 3.8) is 0 Å². The summed E-state index contributed by atoms with van der Waals surface area (Å²) < 4.78 is 5.87. The highest BCUT2D eigenvalue weighted by Crippen LogP contribution is 2.23. The Balaban J connectivity index is 1.78. The molecule has 0 radical (unpaired) electrons. The molecule has 2 aromatic heterocycles. The van der Waals surface area contributed by atoms with Gasteiger partial charge in [0.15, 0.2) is 5.13 Å². The summed E-state index contributed by atoms with van der Waals surface area (Å²) in [6, 6.07) is 6.91. The van der Waals surface area contributed by atoms with Crippen molar-refractivity contribution in [3.8, 4) is 0 Å². The van der Waals surface area contributed by atoms with E-state index in [1.807, 2.05) is 0 Å². The molecule has 0 aliphatic rings. The molecule has 0 saturated carbocycles. The van der Waals surface area contributed by atoms with Gasteiger partial charge in [-0.15, -0.1) is 0 Å². The molecular formula is C16H14N4O4S. The van der Waals surface area contributed by atoms with Gasteiger partial charge in [-0.3, -0.25) is 14.2 Å². The van der Waals surface area contributed by atoms with Gasteiger partial charge in [0.2, 0.25) is 5.91 Å². The predicted molar refractivity (Wildman–Crippen MR) is 92.8 cm³/mol. The lowest BCUT2D eigenvalue weighted by Gasteiger charge is -2.06. The molecule has 0 fully saturated rings. The van der Waals surface area contributed by atoms with Crippen LogP contribution >= 0.6 is 11.3 Å². The molecule has 0 unspecified atom stereocenters. The number of thiazole rings is 1. The van der Waals surface area contributed by atoms with Crippen molar-refractivity contribution >= 4 is 39.2 Å². The van der Waals surface area contributed by atoms with E-state index >= 15 is 0 Å². The lowest BCUT2D eigenvalue weighted by molar-refractivity contribution is -0.116. The van der Waals surface area contributed by atoms with Gasteiger partial charge in [-0.2, -0.15) is 0 Å². The van der Waals surface area contributed by atoms with Crippen LogP contribution in [-0.2, 0) is 16.1 Å². The quantitative estimate of drug-likeness (QED) is 0.711. The van der Waals surface area contributed by atoms with Crippen LogP contribution in [0.5, 0.6) is 0 Å². The maximum Gasteiger partial charge on any atom is 0.350 e. The van der Waals surface area contributed by atoms with Gasteiger partial charge < -0.3 is 10.1 Å². The van der Waals surface area contributed by atoms with Crippen LogP contribution in [-0.4, -0.2) is 33.5 Å². The van der Waals surface area contributed by atoms with Gasteiger partial charge in [0.1, 0.15) is 11.4 Å². The van der Waals surface area contributed by atoms with Crippen LogP contribution < -0.4 is 10.9 Å². The van der Waals surface area contributed by atoms with E-state index in [4.69, 9.17) is 0 Å². The van der Waals surface area contributed by atoms with Gasteiger partial charge >= 0.3 is 5.97 Å². The first-order valence-electron chi connectivity index (χ1n) is 7.29. The summed E-state index contributed by atoms with van der Waals surface area (Å²) >= 11 is 1.02. The fourth-order valence-electron chi connectivity index (χ4n) is 2.26. The molecule has 128 valence electrons. The topological polar surface area (TPSA) is 103 Å². The number of amides is 1. The second-order valence-electron chi connectivity index (χ2n) is 5.17. The zero-order chi connectivity index (χ0) is 18.0. The monoisotopic (exact) mass is 358 g/mol. The minimum Gasteiger partial charge on any atom is -0.465 e. The molecular weight excluding hydrogens is 344 g/mol. The number of benzene rings is 1. The van der Waals surface area contributed by atoms with E-state index in [-0.39, 0.29) is 17.2 Å². The Labute approximate surface area is 146 Å².